The Morgan fingerprint density at radius 2 is 1.77 bits per heavy atom. The molecule has 1 saturated heterocycles. The second-order valence-corrected chi connectivity index (χ2v) is 14.3. The van der Waals surface area contributed by atoms with E-state index in [4.69, 9.17) is 37.2 Å². The smallest absolute Gasteiger partial charge is 0.321 e. The fourth-order valence-electron chi connectivity index (χ4n) is 6.22. The lowest BCUT2D eigenvalue weighted by molar-refractivity contribution is -0.139. The number of carbonyl (C=O) groups is 2. The van der Waals surface area contributed by atoms with Gasteiger partial charge < -0.3 is 18.9 Å². The molecule has 3 aliphatic rings. The number of fused-ring (bicyclic) bond motifs is 2. The van der Waals surface area contributed by atoms with Gasteiger partial charge in [0.05, 0.1) is 29.4 Å². The Labute approximate surface area is 260 Å². The average Bonchev–Trinajstić information content (AvgIpc) is 3.41. The van der Waals surface area contributed by atoms with E-state index in [-0.39, 0.29) is 18.3 Å². The van der Waals surface area contributed by atoms with Gasteiger partial charge in [0, 0.05) is 46.8 Å². The third-order valence-electron chi connectivity index (χ3n) is 8.40. The Balaban J connectivity index is 1.08. The van der Waals surface area contributed by atoms with Crippen LogP contribution in [0.5, 0.6) is 0 Å². The lowest BCUT2D eigenvalue weighted by atomic mass is 10.0. The highest BCUT2D eigenvalue weighted by Crippen LogP contribution is 2.47. The number of aromatic nitrogens is 1. The molecule has 2 heterocycles. The van der Waals surface area contributed by atoms with Gasteiger partial charge in [-0.05, 0) is 69.0 Å². The van der Waals surface area contributed by atoms with Crippen LogP contribution in [0.25, 0.3) is 11.3 Å². The van der Waals surface area contributed by atoms with Crippen molar-refractivity contribution >= 4 is 50.5 Å². The van der Waals surface area contributed by atoms with Gasteiger partial charge in [-0.2, -0.15) is 0 Å². The molecule has 3 atom stereocenters. The molecule has 0 N–H and O–H groups in total. The zero-order valence-corrected chi connectivity index (χ0v) is 26.0. The number of ketones is 1. The molecule has 228 valence electrons. The molecule has 0 radical (unpaired) electrons. The Bertz CT molecular complexity index is 1620. The van der Waals surface area contributed by atoms with Gasteiger partial charge in [0.15, 0.2) is 15.6 Å². The zero-order valence-electron chi connectivity index (χ0n) is 23.6. The molecule has 2 bridgehead atoms. The minimum Gasteiger partial charge on any atom is -0.465 e. The first-order valence-corrected chi connectivity index (χ1v) is 17.0. The molecule has 0 amide bonds. The average molecular weight is 648 g/mol. The first kappa shape index (κ1) is 30.1. The van der Waals surface area contributed by atoms with Gasteiger partial charge >= 0.3 is 5.97 Å². The van der Waals surface area contributed by atoms with Gasteiger partial charge in [0.2, 0.25) is 0 Å². The van der Waals surface area contributed by atoms with E-state index in [1.54, 1.807) is 37.3 Å². The highest BCUT2D eigenvalue weighted by Gasteiger charge is 2.46. The van der Waals surface area contributed by atoms with Crippen LogP contribution in [-0.4, -0.2) is 62.1 Å². The Kier molecular flexibility index (Phi) is 8.56. The number of nitrogens with zero attached hydrogens (tertiary/aromatic N) is 2. The van der Waals surface area contributed by atoms with Crippen molar-refractivity contribution in [1.29, 1.82) is 0 Å². The summed E-state index contributed by atoms with van der Waals surface area (Å²) >= 11 is 13.0. The van der Waals surface area contributed by atoms with Crippen LogP contribution in [0.4, 0.5) is 5.69 Å². The molecule has 1 aromatic heterocycles. The molecule has 0 unspecified atom stereocenters. The maximum absolute atomic E-state index is 12.6. The van der Waals surface area contributed by atoms with E-state index < -0.39 is 33.1 Å². The van der Waals surface area contributed by atoms with Crippen LogP contribution in [0.15, 0.2) is 47.0 Å². The lowest BCUT2D eigenvalue weighted by Crippen LogP contribution is -2.38. The third-order valence-corrected chi connectivity index (χ3v) is 10.4. The van der Waals surface area contributed by atoms with Crippen molar-refractivity contribution in [1.82, 2.24) is 5.16 Å². The van der Waals surface area contributed by atoms with E-state index in [9.17, 15) is 18.0 Å². The molecule has 43 heavy (non-hydrogen) atoms. The number of sulfone groups is 1. The highest BCUT2D eigenvalue weighted by molar-refractivity contribution is 7.92. The van der Waals surface area contributed by atoms with Crippen molar-refractivity contribution in [3.05, 3.63) is 69.4 Å². The number of ether oxygens (including phenoxy) is 2. The Morgan fingerprint density at radius 3 is 2.40 bits per heavy atom. The summed E-state index contributed by atoms with van der Waals surface area (Å²) in [5.74, 6) is -1.40. The van der Waals surface area contributed by atoms with Crippen LogP contribution in [0, 0.1) is 5.92 Å². The number of benzene rings is 2. The topological polar surface area (TPSA) is 116 Å². The third kappa shape index (κ3) is 6.48. The molecule has 3 fully saturated rings. The van der Waals surface area contributed by atoms with Crippen LogP contribution in [0.3, 0.4) is 0 Å². The van der Waals surface area contributed by atoms with Crippen molar-refractivity contribution in [3.8, 4) is 11.3 Å². The van der Waals surface area contributed by atoms with Crippen molar-refractivity contribution in [2.45, 2.75) is 57.3 Å². The summed E-state index contributed by atoms with van der Waals surface area (Å²) < 4.78 is 41.5. The Hall–Kier alpha value is -2.92. The predicted molar refractivity (Wildman–Crippen MR) is 162 cm³/mol. The SMILES string of the molecule is CCOC(=O)CS(=O)(=O)CC(=O)c1ccc(N2C[C@@H]3C[C@H]2C[C@H]3OCc2c(-c3c(Cl)cccc3Cl)noc2C2CC2)cc1. The molecule has 2 aromatic carbocycles. The van der Waals surface area contributed by atoms with Crippen LogP contribution < -0.4 is 4.90 Å². The minimum absolute atomic E-state index is 0.0814. The maximum Gasteiger partial charge on any atom is 0.321 e. The summed E-state index contributed by atoms with van der Waals surface area (Å²) in [6, 6.07) is 12.7. The first-order valence-electron chi connectivity index (χ1n) is 14.4. The van der Waals surface area contributed by atoms with E-state index in [1.807, 2.05) is 12.1 Å². The minimum atomic E-state index is -3.91. The standard InChI is InChI=1S/C31H32Cl2N2O7S/c1-2-40-28(37)17-43(38,39)16-26(36)18-8-10-21(11-9-18)35-14-20-12-22(35)13-27(20)41-15-23-30(34-42-31(23)19-6-7-19)29-24(32)4-3-5-25(29)33/h3-5,8-11,19-20,22,27H,2,6-7,12-17H2,1H3/t20-,22-,27+/m0/s1. The normalized spacial score (nSPS) is 21.4. The lowest BCUT2D eigenvalue weighted by Gasteiger charge is -2.33. The summed E-state index contributed by atoms with van der Waals surface area (Å²) in [5, 5.41) is 5.40. The van der Waals surface area contributed by atoms with E-state index >= 15 is 0 Å². The number of esters is 1. The molecule has 12 heteroatoms. The molecule has 3 aromatic rings. The Morgan fingerprint density at radius 1 is 1.05 bits per heavy atom. The number of hydrogen-bond donors (Lipinski definition) is 0. The van der Waals surface area contributed by atoms with Gasteiger partial charge in [-0.15, -0.1) is 0 Å². The molecule has 6 rings (SSSR count). The number of carbonyl (C=O) groups excluding carboxylic acids is 2. The van der Waals surface area contributed by atoms with Gasteiger partial charge in [-0.3, -0.25) is 9.59 Å². The van der Waals surface area contributed by atoms with Crippen molar-refractivity contribution in [2.75, 3.05) is 29.6 Å². The van der Waals surface area contributed by atoms with E-state index in [2.05, 4.69) is 10.1 Å². The van der Waals surface area contributed by atoms with Gasteiger partial charge in [-0.25, -0.2) is 8.42 Å². The largest absolute Gasteiger partial charge is 0.465 e. The fraction of sp³-hybridized carbons (Fsp3) is 0.452. The van der Waals surface area contributed by atoms with Crippen LogP contribution in [0.1, 0.15) is 60.2 Å². The van der Waals surface area contributed by atoms with Crippen molar-refractivity contribution < 1.29 is 32.0 Å². The summed E-state index contributed by atoms with van der Waals surface area (Å²) in [5.41, 5.74) is 3.49. The second-order valence-electron chi connectivity index (χ2n) is 11.4. The number of rotatable bonds is 12. The van der Waals surface area contributed by atoms with E-state index in [0.29, 0.717) is 45.8 Å². The summed E-state index contributed by atoms with van der Waals surface area (Å²) in [6.07, 6.45) is 4.08. The van der Waals surface area contributed by atoms with Crippen molar-refractivity contribution in [2.24, 2.45) is 5.92 Å². The van der Waals surface area contributed by atoms with Crippen LogP contribution in [-0.2, 0) is 30.7 Å². The molecule has 1 aliphatic heterocycles. The molecular weight excluding hydrogens is 615 g/mol. The number of Topliss-reactive ketones (excluding diaryl/α,β-unsaturated/α-hetero) is 1. The number of hydrogen-bond acceptors (Lipinski definition) is 9. The summed E-state index contributed by atoms with van der Waals surface area (Å²) in [6.45, 7) is 2.86. The quantitative estimate of drug-likeness (QED) is 0.176. The van der Waals surface area contributed by atoms with Gasteiger partial charge in [-0.1, -0.05) is 34.4 Å². The second kappa shape index (κ2) is 12.2. The van der Waals surface area contributed by atoms with Crippen molar-refractivity contribution in [3.63, 3.8) is 0 Å². The molecule has 2 aliphatic carbocycles. The monoisotopic (exact) mass is 646 g/mol. The maximum atomic E-state index is 12.6. The zero-order chi connectivity index (χ0) is 30.3. The fourth-order valence-corrected chi connectivity index (χ4v) is 7.91. The summed E-state index contributed by atoms with van der Waals surface area (Å²) in [7, 11) is -3.91. The first-order chi connectivity index (χ1) is 20.6. The molecule has 0 spiro atoms. The molecule has 9 nitrogen and oxygen atoms in total. The van der Waals surface area contributed by atoms with Gasteiger partial charge in [0.1, 0.15) is 23.0 Å². The number of piperidine rings is 1. The van der Waals surface area contributed by atoms with Crippen LogP contribution in [0.2, 0.25) is 10.0 Å². The predicted octanol–water partition coefficient (Wildman–Crippen LogP) is 5.87. The summed E-state index contributed by atoms with van der Waals surface area (Å²) in [4.78, 5) is 26.5. The molecular formula is C31H32Cl2N2O7S. The highest BCUT2D eigenvalue weighted by atomic mass is 35.5. The number of anilines is 1. The van der Waals surface area contributed by atoms with E-state index in [0.717, 1.165) is 49.2 Å². The van der Waals surface area contributed by atoms with E-state index in [1.165, 1.54) is 0 Å². The molecule has 2 saturated carbocycles. The van der Waals surface area contributed by atoms with Gasteiger partial charge in [0.25, 0.3) is 0 Å². The van der Waals surface area contributed by atoms with Crippen LogP contribution >= 0.6 is 23.2 Å². The number of halogens is 2.